The van der Waals surface area contributed by atoms with E-state index < -0.39 is 18.0 Å². The molecular weight excluding hydrogens is 354 g/mol. The maximum Gasteiger partial charge on any atom is 0.442 e. The van der Waals surface area contributed by atoms with Gasteiger partial charge >= 0.3 is 18.0 Å². The Morgan fingerprint density at radius 1 is 1.22 bits per heavy atom. The number of aryl methyl sites for hydroxylation is 1. The lowest BCUT2D eigenvalue weighted by Gasteiger charge is -2.23. The lowest BCUT2D eigenvalue weighted by molar-refractivity contribution is -0.168. The van der Waals surface area contributed by atoms with Crippen molar-refractivity contribution in [1.82, 2.24) is 14.6 Å². The maximum absolute atomic E-state index is 12.0. The molecule has 0 aliphatic carbocycles. The van der Waals surface area contributed by atoms with Gasteiger partial charge < -0.3 is 19.6 Å². The summed E-state index contributed by atoms with van der Waals surface area (Å²) < 4.78 is 6.13. The van der Waals surface area contributed by atoms with Crippen LogP contribution in [0.5, 0.6) is 0 Å². The average Bonchev–Trinajstić information content (AvgIpc) is 3.04. The first kappa shape index (κ1) is 18.4. The van der Waals surface area contributed by atoms with E-state index in [1.165, 1.54) is 11.2 Å². The Morgan fingerprint density at radius 3 is 2.74 bits per heavy atom. The van der Waals surface area contributed by atoms with Gasteiger partial charge in [-0.2, -0.15) is 4.73 Å². The first-order chi connectivity index (χ1) is 12.9. The fourth-order valence-electron chi connectivity index (χ4n) is 2.82. The van der Waals surface area contributed by atoms with Gasteiger partial charge in [0.2, 0.25) is 0 Å². The minimum absolute atomic E-state index is 0.0307. The van der Waals surface area contributed by atoms with Crippen molar-refractivity contribution >= 4 is 18.0 Å². The van der Waals surface area contributed by atoms with Gasteiger partial charge in [0.15, 0.2) is 0 Å². The molecule has 0 unspecified atom stereocenters. The molecule has 27 heavy (non-hydrogen) atoms. The minimum Gasteiger partial charge on any atom is -0.465 e. The van der Waals surface area contributed by atoms with E-state index in [0.717, 1.165) is 21.4 Å². The van der Waals surface area contributed by atoms with Crippen molar-refractivity contribution in [3.8, 4) is 0 Å². The van der Waals surface area contributed by atoms with Crippen LogP contribution >= 0.6 is 0 Å². The second-order valence-corrected chi connectivity index (χ2v) is 6.23. The molecule has 1 aliphatic heterocycles. The molecule has 1 aromatic heterocycles. The summed E-state index contributed by atoms with van der Waals surface area (Å²) in [6.07, 6.45) is 0.528. The fraction of sp³-hybridized carbons (Fsp3) is 0.333. The van der Waals surface area contributed by atoms with E-state index in [0.29, 0.717) is 17.8 Å². The number of fused-ring (bicyclic) bond motifs is 1. The highest BCUT2D eigenvalue weighted by molar-refractivity contribution is 6.29. The topological polar surface area (TPSA) is 111 Å². The Bertz CT molecular complexity index is 904. The fourth-order valence-corrected chi connectivity index (χ4v) is 2.82. The Balaban J connectivity index is 1.60. The number of amides is 1. The van der Waals surface area contributed by atoms with E-state index in [4.69, 9.17) is 14.7 Å². The molecule has 0 fully saturated rings. The molecule has 9 heteroatoms. The van der Waals surface area contributed by atoms with Crippen LogP contribution in [0.25, 0.3) is 0 Å². The zero-order valence-electron chi connectivity index (χ0n) is 15.0. The molecule has 2 heterocycles. The molecule has 0 spiro atoms. The first-order valence-electron chi connectivity index (χ1n) is 8.34. The molecule has 0 radical (unpaired) electrons. The largest absolute Gasteiger partial charge is 0.465 e. The van der Waals surface area contributed by atoms with Gasteiger partial charge in [0.25, 0.3) is 0 Å². The normalized spacial score (nSPS) is 13.0. The Kier molecular flexibility index (Phi) is 5.11. The van der Waals surface area contributed by atoms with Crippen molar-refractivity contribution in [2.24, 2.45) is 0 Å². The molecule has 1 amide bonds. The van der Waals surface area contributed by atoms with E-state index in [-0.39, 0.29) is 19.7 Å². The standard InChI is InChI=1S/C18H19N3O6/c1-11-4-3-5-13(12(11)2)9-26-16(22)17(23)27-21-10-19-14-8-20(18(24)25)7-6-15(14)21/h3-5,10H,6-9H2,1-2H3,(H,24,25). The molecule has 3 rings (SSSR count). The highest BCUT2D eigenvalue weighted by Gasteiger charge is 2.27. The van der Waals surface area contributed by atoms with Crippen LogP contribution in [0.2, 0.25) is 0 Å². The molecular formula is C18H19N3O6. The smallest absolute Gasteiger partial charge is 0.442 e. The summed E-state index contributed by atoms with van der Waals surface area (Å²) in [7, 11) is 0. The molecule has 0 saturated carbocycles. The average molecular weight is 373 g/mol. The van der Waals surface area contributed by atoms with Gasteiger partial charge in [-0.1, -0.05) is 18.2 Å². The predicted octanol–water partition coefficient (Wildman–Crippen LogP) is 1.23. The number of aromatic nitrogens is 2. The van der Waals surface area contributed by atoms with Crippen molar-refractivity contribution in [3.05, 3.63) is 52.6 Å². The number of nitrogens with zero attached hydrogens (tertiary/aromatic N) is 3. The van der Waals surface area contributed by atoms with E-state index in [2.05, 4.69) is 4.98 Å². The van der Waals surface area contributed by atoms with Crippen LogP contribution in [-0.4, -0.2) is 44.3 Å². The Hall–Kier alpha value is -3.36. The summed E-state index contributed by atoms with van der Waals surface area (Å²) in [5.74, 6) is -2.28. The van der Waals surface area contributed by atoms with Crippen LogP contribution in [0.3, 0.4) is 0 Å². The van der Waals surface area contributed by atoms with E-state index in [1.54, 1.807) is 0 Å². The molecule has 0 bridgehead atoms. The lowest BCUT2D eigenvalue weighted by atomic mass is 10.0. The number of esters is 1. The summed E-state index contributed by atoms with van der Waals surface area (Å²) in [5.41, 5.74) is 3.91. The maximum atomic E-state index is 12.0. The zero-order valence-corrected chi connectivity index (χ0v) is 15.0. The summed E-state index contributed by atoms with van der Waals surface area (Å²) >= 11 is 0. The number of carboxylic acid groups (broad SMARTS) is 1. The summed E-state index contributed by atoms with van der Waals surface area (Å²) in [5, 5.41) is 9.02. The minimum atomic E-state index is -1.17. The Morgan fingerprint density at radius 2 is 2.00 bits per heavy atom. The van der Waals surface area contributed by atoms with Crippen molar-refractivity contribution in [1.29, 1.82) is 0 Å². The van der Waals surface area contributed by atoms with Gasteiger partial charge in [0.05, 0.1) is 17.9 Å². The van der Waals surface area contributed by atoms with Crippen LogP contribution in [0.15, 0.2) is 24.5 Å². The van der Waals surface area contributed by atoms with Crippen molar-refractivity contribution in [3.63, 3.8) is 0 Å². The van der Waals surface area contributed by atoms with Crippen molar-refractivity contribution < 1.29 is 29.1 Å². The predicted molar refractivity (Wildman–Crippen MR) is 91.7 cm³/mol. The highest BCUT2D eigenvalue weighted by atomic mass is 16.7. The van der Waals surface area contributed by atoms with Crippen LogP contribution in [0, 0.1) is 13.8 Å². The molecule has 0 atom stereocenters. The van der Waals surface area contributed by atoms with Gasteiger partial charge in [-0.15, -0.1) is 0 Å². The number of ether oxygens (including phenoxy) is 1. The number of hydrogen-bond donors (Lipinski definition) is 1. The van der Waals surface area contributed by atoms with Gasteiger partial charge in [-0.05, 0) is 30.5 Å². The van der Waals surface area contributed by atoms with Crippen molar-refractivity contribution in [2.45, 2.75) is 33.4 Å². The third-order valence-corrected chi connectivity index (χ3v) is 4.57. The third kappa shape index (κ3) is 3.91. The second kappa shape index (κ2) is 7.48. The highest BCUT2D eigenvalue weighted by Crippen LogP contribution is 2.17. The number of rotatable bonds is 3. The summed E-state index contributed by atoms with van der Waals surface area (Å²) in [6.45, 7) is 4.18. The van der Waals surface area contributed by atoms with Gasteiger partial charge in [-0.3, -0.25) is 0 Å². The molecule has 1 N–H and O–H groups in total. The number of carbonyl (C=O) groups excluding carboxylic acids is 2. The van der Waals surface area contributed by atoms with E-state index in [1.807, 2.05) is 32.0 Å². The third-order valence-electron chi connectivity index (χ3n) is 4.57. The monoisotopic (exact) mass is 373 g/mol. The number of hydrogen-bond acceptors (Lipinski definition) is 6. The molecule has 142 valence electrons. The first-order valence-corrected chi connectivity index (χ1v) is 8.34. The SMILES string of the molecule is Cc1cccc(COC(=O)C(=O)On2cnc3c2CCN(C(=O)O)C3)c1C. The van der Waals surface area contributed by atoms with Crippen LogP contribution in [0.4, 0.5) is 4.79 Å². The number of carbonyl (C=O) groups is 3. The summed E-state index contributed by atoms with van der Waals surface area (Å²) in [6, 6.07) is 5.62. The molecule has 0 saturated heterocycles. The van der Waals surface area contributed by atoms with Gasteiger partial charge in [-0.25, -0.2) is 19.4 Å². The van der Waals surface area contributed by atoms with E-state index >= 15 is 0 Å². The quantitative estimate of drug-likeness (QED) is 0.636. The number of benzene rings is 1. The van der Waals surface area contributed by atoms with Crippen LogP contribution in [-0.2, 0) is 33.9 Å². The zero-order chi connectivity index (χ0) is 19.6. The van der Waals surface area contributed by atoms with Gasteiger partial charge in [0.1, 0.15) is 12.9 Å². The lowest BCUT2D eigenvalue weighted by Crippen LogP contribution is -2.36. The van der Waals surface area contributed by atoms with Crippen LogP contribution in [0.1, 0.15) is 28.1 Å². The molecule has 1 aliphatic rings. The molecule has 1 aromatic carbocycles. The molecule has 9 nitrogen and oxygen atoms in total. The summed E-state index contributed by atoms with van der Waals surface area (Å²) in [4.78, 5) is 45.2. The number of imidazole rings is 1. The van der Waals surface area contributed by atoms with Gasteiger partial charge in [0, 0.05) is 13.0 Å². The van der Waals surface area contributed by atoms with Crippen LogP contribution < -0.4 is 4.84 Å². The van der Waals surface area contributed by atoms with Crippen molar-refractivity contribution in [2.75, 3.05) is 6.54 Å². The second-order valence-electron chi connectivity index (χ2n) is 6.23. The van der Waals surface area contributed by atoms with E-state index in [9.17, 15) is 14.4 Å². The molecule has 2 aromatic rings. The Labute approximate surface area is 155 Å².